The molecular weight excluding hydrogens is 192 g/mol. The van der Waals surface area contributed by atoms with Gasteiger partial charge in [-0.3, -0.25) is 14.2 Å². The second-order valence-corrected chi connectivity index (χ2v) is 1.67. The molecule has 0 radical (unpaired) electrons. The van der Waals surface area contributed by atoms with Crippen LogP contribution in [0.2, 0.25) is 0 Å². The van der Waals surface area contributed by atoms with Crippen molar-refractivity contribution in [3.63, 3.8) is 0 Å². The molecule has 2 atom stereocenters. The zero-order chi connectivity index (χ0) is 10.4. The van der Waals surface area contributed by atoms with Crippen molar-refractivity contribution in [2.75, 3.05) is 0 Å². The molecule has 0 aliphatic rings. The Labute approximate surface area is 71.9 Å². The number of ether oxygens (including phenoxy) is 3. The van der Waals surface area contributed by atoms with E-state index in [0.717, 1.165) is 0 Å². The summed E-state index contributed by atoms with van der Waals surface area (Å²) in [5, 5.41) is 49.4. The van der Waals surface area contributed by atoms with Gasteiger partial charge in [0, 0.05) is 0 Å². The number of hydrogen-bond donors (Lipinski definition) is 6. The molecule has 0 heterocycles. The third-order valence-electron chi connectivity index (χ3n) is 0.709. The molecule has 0 aromatic rings. The average Bonchev–Trinajstić information content (AvgIpc) is 1.80. The van der Waals surface area contributed by atoms with Crippen molar-refractivity contribution < 1.29 is 44.8 Å². The van der Waals surface area contributed by atoms with Crippen LogP contribution in [0.1, 0.15) is 0 Å². The first-order chi connectivity index (χ1) is 5.91. The fraction of sp³-hybridized carbons (Fsp3) is 1.00. The minimum atomic E-state index is -2.30. The topological polar surface area (TPSA) is 149 Å². The number of aliphatic hydroxyl groups excluding tert-OH is 4. The van der Waals surface area contributed by atoms with Gasteiger partial charge in [-0.05, 0) is 0 Å². The molecule has 0 aromatic heterocycles. The smallest absolute Gasteiger partial charge is 0.277 e. The molecule has 0 rings (SSSR count). The molecule has 0 aliphatic carbocycles. The monoisotopic (exact) mass is 202 g/mol. The summed E-state index contributed by atoms with van der Waals surface area (Å²) in [5.74, 6) is 0. The summed E-state index contributed by atoms with van der Waals surface area (Å²) in [6, 6.07) is 0. The van der Waals surface area contributed by atoms with E-state index in [1.807, 2.05) is 0 Å². The fourth-order valence-corrected chi connectivity index (χ4v) is 0.372. The Morgan fingerprint density at radius 1 is 0.538 bits per heavy atom. The van der Waals surface area contributed by atoms with E-state index in [4.69, 9.17) is 30.6 Å². The highest BCUT2D eigenvalue weighted by atomic mass is 16.9. The fourth-order valence-electron chi connectivity index (χ4n) is 0.372. The zero-order valence-corrected chi connectivity index (χ0v) is 6.22. The summed E-state index contributed by atoms with van der Waals surface area (Å²) in [5.41, 5.74) is 0. The Balaban J connectivity index is 3.58. The van der Waals surface area contributed by atoms with Crippen LogP contribution in [-0.4, -0.2) is 56.5 Å². The van der Waals surface area contributed by atoms with Gasteiger partial charge in [0.25, 0.3) is 25.9 Å². The summed E-state index contributed by atoms with van der Waals surface area (Å²) >= 11 is 0. The summed E-state index contributed by atoms with van der Waals surface area (Å²) in [7, 11) is 0. The third-order valence-corrected chi connectivity index (χ3v) is 0.709. The zero-order valence-electron chi connectivity index (χ0n) is 6.22. The Kier molecular flexibility index (Phi) is 5.98. The van der Waals surface area contributed by atoms with Gasteiger partial charge in [0.05, 0.1) is 0 Å². The van der Waals surface area contributed by atoms with E-state index < -0.39 is 25.9 Å². The number of hydrogen-bond acceptors (Lipinski definition) is 9. The average molecular weight is 202 g/mol. The van der Waals surface area contributed by atoms with Crippen molar-refractivity contribution in [1.29, 1.82) is 0 Å². The van der Waals surface area contributed by atoms with E-state index in [2.05, 4.69) is 14.2 Å². The maximum absolute atomic E-state index is 8.54. The minimum absolute atomic E-state index is 2.19. The molecule has 0 amide bonds. The lowest BCUT2D eigenvalue weighted by Gasteiger charge is -2.18. The van der Waals surface area contributed by atoms with Crippen molar-refractivity contribution in [2.45, 2.75) is 25.9 Å². The molecule has 0 fully saturated rings. The highest BCUT2D eigenvalue weighted by Crippen LogP contribution is 1.99. The van der Waals surface area contributed by atoms with Gasteiger partial charge in [-0.1, -0.05) is 0 Å². The predicted octanol–water partition coefficient (Wildman–Crippen LogP) is -3.88. The molecule has 80 valence electrons. The van der Waals surface area contributed by atoms with Crippen LogP contribution in [0.4, 0.5) is 0 Å². The molecule has 0 spiro atoms. The molecule has 0 aliphatic heterocycles. The van der Waals surface area contributed by atoms with Crippen molar-refractivity contribution in [3.8, 4) is 0 Å². The van der Waals surface area contributed by atoms with E-state index in [-0.39, 0.29) is 0 Å². The van der Waals surface area contributed by atoms with Crippen LogP contribution in [0.15, 0.2) is 0 Å². The molecule has 0 saturated carbocycles. The standard InChI is InChI=1S/C4H10O9/c5-1(6)11-3(9)13-4(10)12-2(7)8/h1-10H. The van der Waals surface area contributed by atoms with Crippen molar-refractivity contribution >= 4 is 0 Å². The van der Waals surface area contributed by atoms with E-state index >= 15 is 0 Å². The molecule has 6 N–H and O–H groups in total. The van der Waals surface area contributed by atoms with Gasteiger partial charge in [0.15, 0.2) is 0 Å². The molecular formula is C4H10O9. The van der Waals surface area contributed by atoms with Gasteiger partial charge in [0.1, 0.15) is 0 Å². The SMILES string of the molecule is OC(O)OC(O)OC(O)OC(O)O. The van der Waals surface area contributed by atoms with Crippen LogP contribution in [0.3, 0.4) is 0 Å². The summed E-state index contributed by atoms with van der Waals surface area (Å²) in [4.78, 5) is 0. The van der Waals surface area contributed by atoms with Gasteiger partial charge >= 0.3 is 0 Å². The van der Waals surface area contributed by atoms with Crippen molar-refractivity contribution in [1.82, 2.24) is 0 Å². The molecule has 0 saturated heterocycles. The van der Waals surface area contributed by atoms with Crippen LogP contribution in [0, 0.1) is 0 Å². The number of aliphatic hydroxyl groups is 6. The lowest BCUT2D eigenvalue weighted by Crippen LogP contribution is -2.32. The first kappa shape index (κ1) is 12.6. The highest BCUT2D eigenvalue weighted by Gasteiger charge is 2.17. The molecule has 0 aromatic carbocycles. The predicted molar refractivity (Wildman–Crippen MR) is 31.7 cm³/mol. The second kappa shape index (κ2) is 6.15. The Morgan fingerprint density at radius 3 is 1.08 bits per heavy atom. The van der Waals surface area contributed by atoms with Crippen LogP contribution in [-0.2, 0) is 14.2 Å². The summed E-state index contributed by atoms with van der Waals surface area (Å²) in [6.07, 6.45) is 0. The maximum atomic E-state index is 8.54. The van der Waals surface area contributed by atoms with Crippen LogP contribution >= 0.6 is 0 Å². The lowest BCUT2D eigenvalue weighted by atomic mass is 11.1. The Bertz CT molecular complexity index is 111. The molecule has 9 heteroatoms. The van der Waals surface area contributed by atoms with Gasteiger partial charge < -0.3 is 30.6 Å². The minimum Gasteiger partial charge on any atom is -0.346 e. The molecule has 13 heavy (non-hydrogen) atoms. The summed E-state index contributed by atoms with van der Waals surface area (Å²) in [6.45, 7) is -8.98. The van der Waals surface area contributed by atoms with Gasteiger partial charge in [0.2, 0.25) is 0 Å². The lowest BCUT2D eigenvalue weighted by molar-refractivity contribution is -0.448. The first-order valence-electron chi connectivity index (χ1n) is 2.96. The van der Waals surface area contributed by atoms with E-state index in [0.29, 0.717) is 0 Å². The molecule has 2 unspecified atom stereocenters. The van der Waals surface area contributed by atoms with Gasteiger partial charge in [-0.15, -0.1) is 0 Å². The van der Waals surface area contributed by atoms with Gasteiger partial charge in [-0.25, -0.2) is 0 Å². The maximum Gasteiger partial charge on any atom is 0.277 e. The quantitative estimate of drug-likeness (QED) is 0.238. The normalized spacial score (nSPS) is 16.6. The van der Waals surface area contributed by atoms with Crippen molar-refractivity contribution in [2.24, 2.45) is 0 Å². The van der Waals surface area contributed by atoms with E-state index in [9.17, 15) is 0 Å². The van der Waals surface area contributed by atoms with E-state index in [1.165, 1.54) is 0 Å². The van der Waals surface area contributed by atoms with Crippen molar-refractivity contribution in [3.05, 3.63) is 0 Å². The largest absolute Gasteiger partial charge is 0.346 e. The second-order valence-electron chi connectivity index (χ2n) is 1.67. The number of rotatable bonds is 6. The molecule has 0 bridgehead atoms. The molecule has 9 nitrogen and oxygen atoms in total. The Morgan fingerprint density at radius 2 is 0.846 bits per heavy atom. The van der Waals surface area contributed by atoms with Crippen LogP contribution in [0.25, 0.3) is 0 Å². The third kappa shape index (κ3) is 7.98. The van der Waals surface area contributed by atoms with E-state index in [1.54, 1.807) is 0 Å². The van der Waals surface area contributed by atoms with Crippen LogP contribution < -0.4 is 0 Å². The summed E-state index contributed by atoms with van der Waals surface area (Å²) < 4.78 is 11.4. The first-order valence-corrected chi connectivity index (χ1v) is 2.96. The highest BCUT2D eigenvalue weighted by molar-refractivity contribution is 4.19. The van der Waals surface area contributed by atoms with Gasteiger partial charge in [-0.2, -0.15) is 0 Å². The van der Waals surface area contributed by atoms with Crippen LogP contribution in [0.5, 0.6) is 0 Å². The Hall–Kier alpha value is -0.360.